The maximum Gasteiger partial charge on any atom is 0.324 e. The van der Waals surface area contributed by atoms with Crippen molar-refractivity contribution < 1.29 is 14.3 Å². The molecule has 1 aliphatic rings. The Kier molecular flexibility index (Phi) is 12.1. The van der Waals surface area contributed by atoms with Crippen LogP contribution >= 0.6 is 11.6 Å². The van der Waals surface area contributed by atoms with Crippen molar-refractivity contribution in [1.82, 2.24) is 0 Å². The molecule has 0 radical (unpaired) electrons. The first kappa shape index (κ1) is 26.1. The number of allylic oxidation sites excluding steroid dienone is 6. The van der Waals surface area contributed by atoms with Gasteiger partial charge in [0, 0.05) is 11.4 Å². The normalized spacial score (nSPS) is 15.1. The van der Waals surface area contributed by atoms with Crippen LogP contribution in [0.3, 0.4) is 0 Å². The fraction of sp³-hybridized carbons (Fsp3) is 0.500. The molecule has 1 aromatic rings. The van der Waals surface area contributed by atoms with Crippen LogP contribution in [0.2, 0.25) is 5.02 Å². The Labute approximate surface area is 198 Å². The third kappa shape index (κ3) is 9.56. The first-order valence-electron chi connectivity index (χ1n) is 12.0. The summed E-state index contributed by atoms with van der Waals surface area (Å²) in [6, 6.07) is 7.23. The predicted molar refractivity (Wildman–Crippen MR) is 133 cm³/mol. The fourth-order valence-electron chi connectivity index (χ4n) is 3.65. The average molecular weight is 457 g/mol. The molecule has 0 heterocycles. The summed E-state index contributed by atoms with van der Waals surface area (Å²) >= 11 is 5.92. The average Bonchev–Trinajstić information content (AvgIpc) is 3.59. The third-order valence-electron chi connectivity index (χ3n) is 5.78. The lowest BCUT2D eigenvalue weighted by Gasteiger charge is -2.14. The molecule has 3 nitrogen and oxygen atoms in total. The molecule has 0 unspecified atom stereocenters. The van der Waals surface area contributed by atoms with Crippen molar-refractivity contribution in [1.29, 1.82) is 0 Å². The van der Waals surface area contributed by atoms with Crippen LogP contribution in [0.5, 0.6) is 0 Å². The van der Waals surface area contributed by atoms with E-state index in [9.17, 15) is 9.59 Å². The van der Waals surface area contributed by atoms with Crippen molar-refractivity contribution in [3.63, 3.8) is 0 Å². The van der Waals surface area contributed by atoms with Crippen molar-refractivity contribution >= 4 is 23.5 Å². The second-order valence-corrected chi connectivity index (χ2v) is 8.89. The lowest BCUT2D eigenvalue weighted by molar-refractivity contribution is -0.161. The first-order valence-corrected chi connectivity index (χ1v) is 12.4. The summed E-state index contributed by atoms with van der Waals surface area (Å²) in [6.07, 6.45) is 24.5. The van der Waals surface area contributed by atoms with Gasteiger partial charge in [0.1, 0.15) is 0 Å². The van der Waals surface area contributed by atoms with Crippen molar-refractivity contribution in [2.24, 2.45) is 0 Å². The van der Waals surface area contributed by atoms with Crippen LogP contribution in [0, 0.1) is 0 Å². The summed E-state index contributed by atoms with van der Waals surface area (Å²) in [7, 11) is 0. The minimum atomic E-state index is -0.643. The van der Waals surface area contributed by atoms with Gasteiger partial charge in [-0.2, -0.15) is 0 Å². The van der Waals surface area contributed by atoms with Crippen molar-refractivity contribution in [3.8, 4) is 0 Å². The number of ether oxygens (including phenoxy) is 1. The van der Waals surface area contributed by atoms with Gasteiger partial charge in [0.15, 0.2) is 0 Å². The minimum absolute atomic E-state index is 0.308. The monoisotopic (exact) mass is 456 g/mol. The van der Waals surface area contributed by atoms with Crippen molar-refractivity contribution in [2.75, 3.05) is 0 Å². The van der Waals surface area contributed by atoms with Crippen LogP contribution in [0.1, 0.15) is 89.5 Å². The van der Waals surface area contributed by atoms with Crippen molar-refractivity contribution in [3.05, 3.63) is 71.3 Å². The van der Waals surface area contributed by atoms with Crippen LogP contribution in [0.25, 0.3) is 0 Å². The number of esters is 2. The van der Waals surface area contributed by atoms with E-state index in [1.54, 1.807) is 12.1 Å². The van der Waals surface area contributed by atoms with E-state index in [0.717, 1.165) is 69.8 Å². The third-order valence-corrected chi connectivity index (χ3v) is 6.03. The lowest BCUT2D eigenvalue weighted by Crippen LogP contribution is -2.26. The summed E-state index contributed by atoms with van der Waals surface area (Å²) in [5.41, 5.74) is 0.240. The highest BCUT2D eigenvalue weighted by Gasteiger charge is 2.53. The molecule has 174 valence electrons. The number of halogens is 1. The topological polar surface area (TPSA) is 43.4 Å². The quantitative estimate of drug-likeness (QED) is 0.116. The number of carbonyl (C=O) groups is 2. The maximum atomic E-state index is 12.5. The molecule has 0 amide bonds. The zero-order chi connectivity index (χ0) is 23.1. The number of hydrogen-bond acceptors (Lipinski definition) is 3. The smallest absolute Gasteiger partial charge is 0.324 e. The van der Waals surface area contributed by atoms with E-state index in [1.165, 1.54) is 6.42 Å². The van der Waals surface area contributed by atoms with Gasteiger partial charge >= 0.3 is 11.9 Å². The summed E-state index contributed by atoms with van der Waals surface area (Å²) in [4.78, 5) is 24.6. The number of benzene rings is 1. The number of carbonyl (C=O) groups excluding carboxylic acids is 2. The molecule has 0 aliphatic heterocycles. The molecule has 1 aromatic carbocycles. The Morgan fingerprint density at radius 3 is 2.12 bits per heavy atom. The van der Waals surface area contributed by atoms with Gasteiger partial charge in [-0.25, -0.2) is 0 Å². The van der Waals surface area contributed by atoms with E-state index in [1.807, 2.05) is 12.1 Å². The highest BCUT2D eigenvalue weighted by molar-refractivity contribution is 6.30. The zero-order valence-corrected chi connectivity index (χ0v) is 20.1. The van der Waals surface area contributed by atoms with E-state index in [0.29, 0.717) is 11.4 Å². The fourth-order valence-corrected chi connectivity index (χ4v) is 3.77. The Balaban J connectivity index is 1.49. The van der Waals surface area contributed by atoms with Gasteiger partial charge in [0.2, 0.25) is 0 Å². The summed E-state index contributed by atoms with van der Waals surface area (Å²) < 4.78 is 5.15. The number of rotatable bonds is 15. The van der Waals surface area contributed by atoms with Crippen LogP contribution in [-0.2, 0) is 19.7 Å². The van der Waals surface area contributed by atoms with E-state index in [4.69, 9.17) is 16.3 Å². The number of hydrogen-bond donors (Lipinski definition) is 0. The van der Waals surface area contributed by atoms with Gasteiger partial charge in [-0.1, -0.05) is 86.4 Å². The van der Waals surface area contributed by atoms with E-state index < -0.39 is 17.4 Å². The Morgan fingerprint density at radius 2 is 1.47 bits per heavy atom. The van der Waals surface area contributed by atoms with Gasteiger partial charge in [-0.05, 0) is 69.1 Å². The molecule has 32 heavy (non-hydrogen) atoms. The molecule has 1 fully saturated rings. The standard InChI is InChI=1S/C28H37ClO3/c1-2-3-4-5-6-7-8-9-10-11-12-13-14-15-16-17-26(30)32-27(31)28(22-23-28)24-18-20-25(29)21-19-24/h3-4,6-7,9-10,18-21H,2,5,8,11-17,22-23H2,1H3/b4-3-,7-6-,10-9-. The molecule has 2 rings (SSSR count). The first-order chi connectivity index (χ1) is 15.6. The highest BCUT2D eigenvalue weighted by Crippen LogP contribution is 2.49. The van der Waals surface area contributed by atoms with E-state index in [-0.39, 0.29) is 0 Å². The Hall–Kier alpha value is -2.13. The molecule has 0 bridgehead atoms. The Morgan fingerprint density at radius 1 is 0.875 bits per heavy atom. The lowest BCUT2D eigenvalue weighted by atomic mass is 9.96. The largest absolute Gasteiger partial charge is 0.392 e. The van der Waals surface area contributed by atoms with Gasteiger partial charge in [-0.15, -0.1) is 0 Å². The highest BCUT2D eigenvalue weighted by atomic mass is 35.5. The molecule has 0 saturated heterocycles. The van der Waals surface area contributed by atoms with E-state index in [2.05, 4.69) is 43.4 Å². The van der Waals surface area contributed by atoms with Gasteiger partial charge in [0.05, 0.1) is 5.41 Å². The Bertz CT molecular complexity index is 785. The van der Waals surface area contributed by atoms with E-state index >= 15 is 0 Å². The molecule has 0 aromatic heterocycles. The molecule has 0 N–H and O–H groups in total. The van der Waals surface area contributed by atoms with Gasteiger partial charge < -0.3 is 4.74 Å². The minimum Gasteiger partial charge on any atom is -0.392 e. The maximum absolute atomic E-state index is 12.5. The number of unbranched alkanes of at least 4 members (excludes halogenated alkanes) is 5. The van der Waals surface area contributed by atoms with Crippen LogP contribution < -0.4 is 0 Å². The summed E-state index contributed by atoms with van der Waals surface area (Å²) in [5.74, 6) is -0.819. The molecule has 1 saturated carbocycles. The predicted octanol–water partition coefficient (Wildman–Crippen LogP) is 8.03. The second kappa shape index (κ2) is 14.8. The van der Waals surface area contributed by atoms with Crippen molar-refractivity contribution in [2.45, 2.75) is 89.4 Å². The summed E-state index contributed by atoms with van der Waals surface area (Å²) in [6.45, 7) is 2.15. The summed E-state index contributed by atoms with van der Waals surface area (Å²) in [5, 5.41) is 0.633. The van der Waals surface area contributed by atoms with Crippen LogP contribution in [0.15, 0.2) is 60.7 Å². The molecule has 0 spiro atoms. The van der Waals surface area contributed by atoms with Crippen LogP contribution in [0.4, 0.5) is 0 Å². The van der Waals surface area contributed by atoms with Crippen LogP contribution in [-0.4, -0.2) is 11.9 Å². The molecule has 1 aliphatic carbocycles. The molecule has 4 heteroatoms. The van der Waals surface area contributed by atoms with Gasteiger partial charge in [0.25, 0.3) is 0 Å². The SMILES string of the molecule is CC/C=C\C/C=C\C/C=C\CCCCCCCC(=O)OC(=O)C1(c2ccc(Cl)cc2)CC1. The molecule has 0 atom stereocenters. The second-order valence-electron chi connectivity index (χ2n) is 8.45. The zero-order valence-electron chi connectivity index (χ0n) is 19.4. The molecular formula is C28H37ClO3. The molecular weight excluding hydrogens is 420 g/mol. The van der Waals surface area contributed by atoms with Gasteiger partial charge in [-0.3, -0.25) is 9.59 Å².